The Bertz CT molecular complexity index is 1280. The first-order valence-corrected chi connectivity index (χ1v) is 13.9. The smallest absolute Gasteiger partial charge is 0.253 e. The van der Waals surface area contributed by atoms with Crippen LogP contribution in [0.2, 0.25) is 0 Å². The molecular formula is C25H32N4O3S2. The molecule has 0 saturated carbocycles. The van der Waals surface area contributed by atoms with Crippen LogP contribution in [-0.4, -0.2) is 68.3 Å². The van der Waals surface area contributed by atoms with Gasteiger partial charge in [-0.2, -0.15) is 0 Å². The molecule has 0 unspecified atom stereocenters. The number of amides is 1. The maximum absolute atomic E-state index is 13.0. The van der Waals surface area contributed by atoms with Gasteiger partial charge in [-0.3, -0.25) is 4.79 Å². The average molecular weight is 501 g/mol. The van der Waals surface area contributed by atoms with Crippen molar-refractivity contribution in [3.8, 4) is 0 Å². The van der Waals surface area contributed by atoms with Crippen molar-refractivity contribution in [2.24, 2.45) is 0 Å². The second-order valence-electron chi connectivity index (χ2n) is 8.91. The zero-order valence-corrected chi connectivity index (χ0v) is 21.9. The first-order chi connectivity index (χ1) is 16.2. The van der Waals surface area contributed by atoms with Crippen molar-refractivity contribution in [1.82, 2.24) is 14.2 Å². The maximum Gasteiger partial charge on any atom is 0.253 e. The predicted molar refractivity (Wildman–Crippen MR) is 138 cm³/mol. The number of piperazine rings is 1. The van der Waals surface area contributed by atoms with Crippen molar-refractivity contribution in [3.63, 3.8) is 0 Å². The maximum atomic E-state index is 13.0. The molecule has 1 aromatic heterocycles. The van der Waals surface area contributed by atoms with E-state index in [2.05, 4.69) is 30.9 Å². The molecule has 0 bridgehead atoms. The minimum Gasteiger partial charge on any atom is -0.345 e. The molecule has 0 N–H and O–H groups in total. The molecule has 0 atom stereocenters. The third-order valence-electron chi connectivity index (χ3n) is 6.29. The van der Waals surface area contributed by atoms with E-state index in [-0.39, 0.29) is 10.8 Å². The number of aryl methyl sites for hydroxylation is 2. The molecule has 2 aromatic carbocycles. The lowest BCUT2D eigenvalue weighted by Crippen LogP contribution is -2.48. The molecule has 0 spiro atoms. The number of hydrogen-bond donors (Lipinski definition) is 0. The van der Waals surface area contributed by atoms with Gasteiger partial charge >= 0.3 is 0 Å². The summed E-state index contributed by atoms with van der Waals surface area (Å²) in [6, 6.07) is 10.6. The van der Waals surface area contributed by atoms with Crippen molar-refractivity contribution in [1.29, 1.82) is 0 Å². The molecule has 1 aliphatic rings. The molecule has 1 saturated heterocycles. The van der Waals surface area contributed by atoms with Crippen molar-refractivity contribution >= 4 is 42.6 Å². The first kappa shape index (κ1) is 24.6. The fourth-order valence-corrected chi connectivity index (χ4v) is 6.63. The summed E-state index contributed by atoms with van der Waals surface area (Å²) in [6.07, 6.45) is 1.74. The number of carbonyl (C=O) groups excluding carboxylic acids is 1. The summed E-state index contributed by atoms with van der Waals surface area (Å²) in [5.74, 6) is -0.0706. The highest BCUT2D eigenvalue weighted by molar-refractivity contribution is 7.89. The molecule has 4 rings (SSSR count). The van der Waals surface area contributed by atoms with Crippen LogP contribution in [0.1, 0.15) is 41.3 Å². The first-order valence-electron chi connectivity index (χ1n) is 11.7. The summed E-state index contributed by atoms with van der Waals surface area (Å²) in [5, 5.41) is 0.998. The number of anilines is 1. The fraction of sp³-hybridized carbons (Fsp3) is 0.440. The van der Waals surface area contributed by atoms with Gasteiger partial charge in [-0.15, -0.1) is 0 Å². The van der Waals surface area contributed by atoms with Crippen LogP contribution in [0.15, 0.2) is 41.3 Å². The highest BCUT2D eigenvalue weighted by Gasteiger charge is 2.25. The molecule has 9 heteroatoms. The molecule has 182 valence electrons. The number of benzene rings is 2. The highest BCUT2D eigenvalue weighted by Crippen LogP contribution is 2.32. The number of carbonyl (C=O) groups is 1. The third kappa shape index (κ3) is 4.96. The molecule has 3 aromatic rings. The number of rotatable bonds is 7. The standard InChI is InChI=1S/C25H32N4O3S2/c1-5-6-11-27(4)34(31,32)21-9-7-20(8-10-21)24(30)28-12-14-29(15-13-28)25-26-23-19(3)16-18(2)17-22(23)33-25/h7-10,16-17H,5-6,11-15H2,1-4H3. The number of hydrogen-bond acceptors (Lipinski definition) is 6. The van der Waals surface area contributed by atoms with Gasteiger partial charge in [0.25, 0.3) is 5.91 Å². The Morgan fingerprint density at radius 3 is 2.41 bits per heavy atom. The third-order valence-corrected chi connectivity index (χ3v) is 9.23. The summed E-state index contributed by atoms with van der Waals surface area (Å²) >= 11 is 1.70. The molecule has 0 radical (unpaired) electrons. The Kier molecular flexibility index (Phi) is 7.25. The Morgan fingerprint density at radius 1 is 1.09 bits per heavy atom. The molecular weight excluding hydrogens is 468 g/mol. The quantitative estimate of drug-likeness (QED) is 0.484. The van der Waals surface area contributed by atoms with E-state index in [0.29, 0.717) is 25.2 Å². The van der Waals surface area contributed by atoms with Gasteiger partial charge < -0.3 is 9.80 Å². The van der Waals surface area contributed by atoms with Crippen LogP contribution in [0.3, 0.4) is 0 Å². The highest BCUT2D eigenvalue weighted by atomic mass is 32.2. The second kappa shape index (κ2) is 10.0. The summed E-state index contributed by atoms with van der Waals surface area (Å²) in [4.78, 5) is 22.2. The van der Waals surface area contributed by atoms with Crippen molar-refractivity contribution in [2.45, 2.75) is 38.5 Å². The van der Waals surface area contributed by atoms with Crippen molar-refractivity contribution in [2.75, 3.05) is 44.7 Å². The summed E-state index contributed by atoms with van der Waals surface area (Å²) in [5.41, 5.74) is 3.99. The van der Waals surface area contributed by atoms with E-state index in [1.807, 2.05) is 11.8 Å². The predicted octanol–water partition coefficient (Wildman–Crippen LogP) is 4.30. The van der Waals surface area contributed by atoms with E-state index in [9.17, 15) is 13.2 Å². The minimum atomic E-state index is -3.54. The zero-order valence-electron chi connectivity index (χ0n) is 20.2. The fourth-order valence-electron chi connectivity index (χ4n) is 4.23. The molecule has 2 heterocycles. The number of fused-ring (bicyclic) bond motifs is 1. The van der Waals surface area contributed by atoms with Crippen LogP contribution in [0.25, 0.3) is 10.2 Å². The summed E-state index contributed by atoms with van der Waals surface area (Å²) in [6.45, 7) is 9.35. The summed E-state index contributed by atoms with van der Waals surface area (Å²) in [7, 11) is -1.94. The van der Waals surface area contributed by atoms with Gasteiger partial charge in [0.2, 0.25) is 10.0 Å². The van der Waals surface area contributed by atoms with E-state index in [1.54, 1.807) is 30.5 Å². The SMILES string of the molecule is CCCCN(C)S(=O)(=O)c1ccc(C(=O)N2CCN(c3nc4c(C)cc(C)cc4s3)CC2)cc1. The molecule has 7 nitrogen and oxygen atoms in total. The van der Waals surface area contributed by atoms with Gasteiger partial charge in [0.1, 0.15) is 0 Å². The largest absolute Gasteiger partial charge is 0.345 e. The average Bonchev–Trinajstić information content (AvgIpc) is 3.26. The number of nitrogens with zero attached hydrogens (tertiary/aromatic N) is 4. The molecule has 1 amide bonds. The van der Waals surface area contributed by atoms with Crippen LogP contribution >= 0.6 is 11.3 Å². The zero-order chi connectivity index (χ0) is 24.5. The van der Waals surface area contributed by atoms with Crippen LogP contribution in [0.4, 0.5) is 5.13 Å². The Morgan fingerprint density at radius 2 is 1.76 bits per heavy atom. The van der Waals surface area contributed by atoms with E-state index >= 15 is 0 Å². The Balaban J connectivity index is 1.40. The van der Waals surface area contributed by atoms with E-state index in [4.69, 9.17) is 4.98 Å². The Labute approximate surface area is 206 Å². The topological polar surface area (TPSA) is 73.8 Å². The van der Waals surface area contributed by atoms with Gasteiger partial charge in [-0.25, -0.2) is 17.7 Å². The summed E-state index contributed by atoms with van der Waals surface area (Å²) < 4.78 is 28.0. The molecule has 1 aliphatic heterocycles. The van der Waals surface area contributed by atoms with E-state index < -0.39 is 10.0 Å². The van der Waals surface area contributed by atoms with Crippen molar-refractivity contribution < 1.29 is 13.2 Å². The van der Waals surface area contributed by atoms with Gasteiger partial charge in [-0.05, 0) is 61.7 Å². The normalized spacial score (nSPS) is 14.9. The number of thiazole rings is 1. The second-order valence-corrected chi connectivity index (χ2v) is 12.0. The van der Waals surface area contributed by atoms with Gasteiger partial charge in [-0.1, -0.05) is 30.7 Å². The lowest BCUT2D eigenvalue weighted by atomic mass is 10.1. The van der Waals surface area contributed by atoms with Gasteiger partial charge in [0.15, 0.2) is 5.13 Å². The van der Waals surface area contributed by atoms with Crippen LogP contribution in [0, 0.1) is 13.8 Å². The monoisotopic (exact) mass is 500 g/mol. The van der Waals surface area contributed by atoms with Gasteiger partial charge in [0.05, 0.1) is 15.1 Å². The van der Waals surface area contributed by atoms with Crippen LogP contribution in [0.5, 0.6) is 0 Å². The van der Waals surface area contributed by atoms with E-state index in [1.165, 1.54) is 32.3 Å². The number of aromatic nitrogens is 1. The molecule has 0 aliphatic carbocycles. The van der Waals surface area contributed by atoms with Crippen LogP contribution < -0.4 is 4.90 Å². The van der Waals surface area contributed by atoms with Crippen molar-refractivity contribution in [3.05, 3.63) is 53.1 Å². The molecule has 1 fully saturated rings. The lowest BCUT2D eigenvalue weighted by molar-refractivity contribution is 0.0746. The Hall–Kier alpha value is -2.49. The van der Waals surface area contributed by atoms with E-state index in [0.717, 1.165) is 36.6 Å². The number of unbranched alkanes of at least 4 members (excludes halogenated alkanes) is 1. The number of sulfonamides is 1. The lowest BCUT2D eigenvalue weighted by Gasteiger charge is -2.34. The molecule has 34 heavy (non-hydrogen) atoms. The van der Waals surface area contributed by atoms with Crippen LogP contribution in [-0.2, 0) is 10.0 Å². The minimum absolute atomic E-state index is 0.0706. The van der Waals surface area contributed by atoms with Gasteiger partial charge in [0, 0.05) is 45.3 Å².